The van der Waals surface area contributed by atoms with Crippen molar-refractivity contribution in [3.8, 4) is 0 Å². The summed E-state index contributed by atoms with van der Waals surface area (Å²) in [5.41, 5.74) is 0. The van der Waals surface area contributed by atoms with Gasteiger partial charge in [-0.3, -0.25) is 4.79 Å². The molecule has 96 valence electrons. The summed E-state index contributed by atoms with van der Waals surface area (Å²) in [4.78, 5) is 12.8. The molecule has 0 radical (unpaired) electrons. The van der Waals surface area contributed by atoms with Crippen LogP contribution in [-0.2, 0) is 4.79 Å². The lowest BCUT2D eigenvalue weighted by molar-refractivity contribution is -0.137. The second-order valence-corrected chi connectivity index (χ2v) is 4.39. The average Bonchev–Trinajstić information content (AvgIpc) is 2.23. The fourth-order valence-corrected chi connectivity index (χ4v) is 1.83. The Bertz CT molecular complexity index is 193. The highest BCUT2D eigenvalue weighted by Crippen LogP contribution is 1.99. The van der Waals surface area contributed by atoms with Crippen LogP contribution in [0.1, 0.15) is 40.5 Å². The Hall–Kier alpha value is -0.610. The predicted molar refractivity (Wildman–Crippen MR) is 66.7 cm³/mol. The minimum Gasteiger partial charge on any atom is -0.481 e. The van der Waals surface area contributed by atoms with E-state index in [4.69, 9.17) is 5.11 Å². The van der Waals surface area contributed by atoms with E-state index >= 15 is 0 Å². The van der Waals surface area contributed by atoms with Gasteiger partial charge in [0, 0.05) is 25.0 Å². The highest BCUT2D eigenvalue weighted by atomic mass is 16.4. The summed E-state index contributed by atoms with van der Waals surface area (Å²) >= 11 is 0. The highest BCUT2D eigenvalue weighted by molar-refractivity contribution is 5.66. The van der Waals surface area contributed by atoms with Crippen molar-refractivity contribution < 1.29 is 9.90 Å². The molecule has 0 aromatic rings. The molecule has 0 saturated carbocycles. The molecule has 0 heterocycles. The Morgan fingerprint density at radius 3 is 2.25 bits per heavy atom. The zero-order chi connectivity index (χ0) is 12.6. The molecule has 2 atom stereocenters. The molecule has 2 unspecified atom stereocenters. The van der Waals surface area contributed by atoms with E-state index in [-0.39, 0.29) is 12.5 Å². The molecule has 0 aliphatic carbocycles. The van der Waals surface area contributed by atoms with E-state index in [0.717, 1.165) is 19.6 Å². The Labute approximate surface area is 99.0 Å². The van der Waals surface area contributed by atoms with Gasteiger partial charge in [0.15, 0.2) is 0 Å². The zero-order valence-electron chi connectivity index (χ0n) is 11.0. The number of nitrogens with one attached hydrogen (secondary N) is 1. The minimum absolute atomic E-state index is 0.242. The summed E-state index contributed by atoms with van der Waals surface area (Å²) in [6, 6.07) is 0.672. The fourth-order valence-electron chi connectivity index (χ4n) is 1.83. The van der Waals surface area contributed by atoms with Crippen LogP contribution >= 0.6 is 0 Å². The van der Waals surface area contributed by atoms with Crippen molar-refractivity contribution in [1.82, 2.24) is 10.2 Å². The van der Waals surface area contributed by atoms with Crippen LogP contribution < -0.4 is 5.32 Å². The van der Waals surface area contributed by atoms with Crippen LogP contribution in [-0.4, -0.2) is 47.7 Å². The number of likely N-dealkylation sites (N-methyl/N-ethyl adjacent to an activating group) is 1. The van der Waals surface area contributed by atoms with Crippen LogP contribution in [0.5, 0.6) is 0 Å². The molecule has 16 heavy (non-hydrogen) atoms. The van der Waals surface area contributed by atoms with Gasteiger partial charge in [0.05, 0.1) is 0 Å². The standard InChI is InChI=1S/C12H26N2O2/c1-5-14(6-2)9-11(4)13-10(3)7-8-12(15)16/h10-11,13H,5-9H2,1-4H3,(H,15,16). The van der Waals surface area contributed by atoms with E-state index < -0.39 is 5.97 Å². The van der Waals surface area contributed by atoms with Crippen molar-refractivity contribution in [2.24, 2.45) is 0 Å². The first-order valence-electron chi connectivity index (χ1n) is 6.19. The maximum atomic E-state index is 10.4. The Morgan fingerprint density at radius 2 is 1.81 bits per heavy atom. The molecule has 0 bridgehead atoms. The van der Waals surface area contributed by atoms with Crippen molar-refractivity contribution in [3.05, 3.63) is 0 Å². The summed E-state index contributed by atoms with van der Waals surface area (Å²) in [5, 5.41) is 12.0. The maximum absolute atomic E-state index is 10.4. The van der Waals surface area contributed by atoms with Crippen LogP contribution in [0.3, 0.4) is 0 Å². The number of rotatable bonds is 9. The molecule has 0 spiro atoms. The molecule has 0 saturated heterocycles. The molecule has 0 amide bonds. The first-order chi connectivity index (χ1) is 7.49. The van der Waals surface area contributed by atoms with Gasteiger partial charge in [-0.15, -0.1) is 0 Å². The molecular weight excluding hydrogens is 204 g/mol. The Balaban J connectivity index is 3.76. The number of nitrogens with zero attached hydrogens (tertiary/aromatic N) is 1. The third-order valence-electron chi connectivity index (χ3n) is 2.79. The smallest absolute Gasteiger partial charge is 0.303 e. The van der Waals surface area contributed by atoms with Gasteiger partial charge < -0.3 is 15.3 Å². The first kappa shape index (κ1) is 15.4. The van der Waals surface area contributed by atoms with Crippen molar-refractivity contribution in [1.29, 1.82) is 0 Å². The van der Waals surface area contributed by atoms with Gasteiger partial charge in [-0.1, -0.05) is 13.8 Å². The lowest BCUT2D eigenvalue weighted by atomic mass is 10.1. The summed E-state index contributed by atoms with van der Waals surface area (Å²) in [6.07, 6.45) is 0.935. The second kappa shape index (κ2) is 8.53. The van der Waals surface area contributed by atoms with Crippen LogP contribution in [0.2, 0.25) is 0 Å². The summed E-state index contributed by atoms with van der Waals surface area (Å²) in [5.74, 6) is -0.718. The third-order valence-corrected chi connectivity index (χ3v) is 2.79. The molecule has 0 aliphatic rings. The molecule has 0 rings (SSSR count). The largest absolute Gasteiger partial charge is 0.481 e. The average molecular weight is 230 g/mol. The molecule has 4 heteroatoms. The van der Waals surface area contributed by atoms with E-state index in [9.17, 15) is 4.79 Å². The zero-order valence-corrected chi connectivity index (χ0v) is 11.0. The lowest BCUT2D eigenvalue weighted by Crippen LogP contribution is -2.43. The number of hydrogen-bond acceptors (Lipinski definition) is 3. The number of carboxylic acids is 1. The van der Waals surface area contributed by atoms with Gasteiger partial charge in [0.2, 0.25) is 0 Å². The minimum atomic E-state index is -0.718. The van der Waals surface area contributed by atoms with E-state index in [1.54, 1.807) is 0 Å². The van der Waals surface area contributed by atoms with Crippen LogP contribution in [0, 0.1) is 0 Å². The van der Waals surface area contributed by atoms with Crippen LogP contribution in [0.4, 0.5) is 0 Å². The summed E-state index contributed by atoms with van der Waals surface area (Å²) in [6.45, 7) is 11.6. The molecule has 4 nitrogen and oxygen atoms in total. The van der Waals surface area contributed by atoms with Gasteiger partial charge in [-0.05, 0) is 33.4 Å². The quantitative estimate of drug-likeness (QED) is 0.631. The lowest BCUT2D eigenvalue weighted by Gasteiger charge is -2.26. The third kappa shape index (κ3) is 7.65. The van der Waals surface area contributed by atoms with E-state index in [1.807, 2.05) is 6.92 Å². The van der Waals surface area contributed by atoms with Crippen molar-refractivity contribution in [2.75, 3.05) is 19.6 Å². The Morgan fingerprint density at radius 1 is 1.25 bits per heavy atom. The van der Waals surface area contributed by atoms with E-state index in [0.29, 0.717) is 12.5 Å². The number of carboxylic acid groups (broad SMARTS) is 1. The number of hydrogen-bond donors (Lipinski definition) is 2. The van der Waals surface area contributed by atoms with Crippen LogP contribution in [0.15, 0.2) is 0 Å². The van der Waals surface area contributed by atoms with Gasteiger partial charge in [0.25, 0.3) is 0 Å². The topological polar surface area (TPSA) is 52.6 Å². The first-order valence-corrected chi connectivity index (χ1v) is 6.19. The summed E-state index contributed by atoms with van der Waals surface area (Å²) < 4.78 is 0. The van der Waals surface area contributed by atoms with Crippen molar-refractivity contribution in [3.63, 3.8) is 0 Å². The number of aliphatic carboxylic acids is 1. The van der Waals surface area contributed by atoms with Crippen molar-refractivity contribution in [2.45, 2.75) is 52.6 Å². The predicted octanol–water partition coefficient (Wildman–Crippen LogP) is 1.56. The maximum Gasteiger partial charge on any atom is 0.303 e. The normalized spacial score (nSPS) is 15.1. The Kier molecular flexibility index (Phi) is 8.21. The van der Waals surface area contributed by atoms with E-state index in [1.165, 1.54) is 0 Å². The molecule has 0 aromatic heterocycles. The molecule has 0 fully saturated rings. The van der Waals surface area contributed by atoms with Crippen LogP contribution in [0.25, 0.3) is 0 Å². The highest BCUT2D eigenvalue weighted by Gasteiger charge is 2.11. The van der Waals surface area contributed by atoms with Crippen molar-refractivity contribution >= 4 is 5.97 Å². The molecule has 2 N–H and O–H groups in total. The molecular formula is C12H26N2O2. The fraction of sp³-hybridized carbons (Fsp3) is 0.917. The van der Waals surface area contributed by atoms with Gasteiger partial charge in [-0.2, -0.15) is 0 Å². The SMILES string of the molecule is CCN(CC)CC(C)NC(C)CCC(=O)O. The van der Waals surface area contributed by atoms with E-state index in [2.05, 4.69) is 31.0 Å². The second-order valence-electron chi connectivity index (χ2n) is 4.39. The molecule has 0 aliphatic heterocycles. The van der Waals surface area contributed by atoms with Gasteiger partial charge >= 0.3 is 5.97 Å². The summed E-state index contributed by atoms with van der Waals surface area (Å²) in [7, 11) is 0. The number of carbonyl (C=O) groups is 1. The van der Waals surface area contributed by atoms with Gasteiger partial charge in [-0.25, -0.2) is 0 Å². The molecule has 0 aromatic carbocycles. The van der Waals surface area contributed by atoms with Gasteiger partial charge in [0.1, 0.15) is 0 Å². The monoisotopic (exact) mass is 230 g/mol.